The maximum atomic E-state index is 11.0. The van der Waals surface area contributed by atoms with Gasteiger partial charge in [-0.2, -0.15) is 4.98 Å². The monoisotopic (exact) mass is 184 g/mol. The Morgan fingerprint density at radius 3 is 3.08 bits per heavy atom. The first-order valence-electron chi connectivity index (χ1n) is 3.62. The van der Waals surface area contributed by atoms with Gasteiger partial charge in [-0.3, -0.25) is 9.63 Å². The van der Waals surface area contributed by atoms with E-state index in [4.69, 9.17) is 5.73 Å². The molecule has 0 aliphatic carbocycles. The molecule has 0 radical (unpaired) electrons. The van der Waals surface area contributed by atoms with Crippen LogP contribution in [-0.4, -0.2) is 33.7 Å². The fourth-order valence-corrected chi connectivity index (χ4v) is 0.945. The van der Waals surface area contributed by atoms with Crippen LogP contribution in [0.2, 0.25) is 0 Å². The number of H-pyrrole nitrogens is 1. The number of aromatic amines is 1. The smallest absolute Gasteiger partial charge is 0.268 e. The highest BCUT2D eigenvalue weighted by Gasteiger charge is 2.26. The zero-order chi connectivity index (χ0) is 9.26. The molecule has 1 aliphatic heterocycles. The predicted molar refractivity (Wildman–Crippen MR) is 42.3 cm³/mol. The van der Waals surface area contributed by atoms with Gasteiger partial charge in [-0.1, -0.05) is 0 Å². The van der Waals surface area contributed by atoms with E-state index in [9.17, 15) is 4.79 Å². The number of hydrogen-bond donors (Lipinski definition) is 4. The topological polar surface area (TPSA) is 118 Å². The fourth-order valence-electron chi connectivity index (χ4n) is 0.945. The van der Waals surface area contributed by atoms with E-state index >= 15 is 0 Å². The van der Waals surface area contributed by atoms with E-state index in [0.717, 1.165) is 0 Å². The molecule has 1 aromatic rings. The number of carbonyl (C=O) groups is 1. The minimum absolute atomic E-state index is 0.196. The number of nitrogens with zero attached hydrogens (tertiary/aromatic N) is 2. The molecule has 2 rings (SSSR count). The Morgan fingerprint density at radius 1 is 1.69 bits per heavy atom. The normalized spacial score (nSPS) is 21.5. The number of nitrogens with two attached hydrogens (primary N) is 1. The lowest BCUT2D eigenvalue weighted by molar-refractivity contribution is -0.124. The highest BCUT2D eigenvalue weighted by molar-refractivity contribution is 5.84. The molecule has 1 saturated heterocycles. The summed E-state index contributed by atoms with van der Waals surface area (Å²) in [4.78, 5) is 19.5. The summed E-state index contributed by atoms with van der Waals surface area (Å²) in [6.45, 7) is 0.243. The number of hydrogen-bond acceptors (Lipinski definition) is 6. The van der Waals surface area contributed by atoms with Gasteiger partial charge in [0.25, 0.3) is 5.91 Å². The van der Waals surface area contributed by atoms with Crippen molar-refractivity contribution in [2.75, 3.05) is 17.7 Å². The van der Waals surface area contributed by atoms with Gasteiger partial charge in [-0.15, -0.1) is 5.10 Å². The van der Waals surface area contributed by atoms with Crippen molar-refractivity contribution in [3.8, 4) is 0 Å². The molecule has 1 atom stereocenters. The van der Waals surface area contributed by atoms with Gasteiger partial charge in [0.1, 0.15) is 12.6 Å². The number of nitrogens with one attached hydrogen (secondary N) is 3. The predicted octanol–water partition coefficient (Wildman–Crippen LogP) is -1.77. The second-order valence-electron chi connectivity index (χ2n) is 2.52. The summed E-state index contributed by atoms with van der Waals surface area (Å²) < 4.78 is 0. The number of hydroxylamine groups is 1. The lowest BCUT2D eigenvalue weighted by Gasteiger charge is -2.03. The number of aromatic nitrogens is 3. The van der Waals surface area contributed by atoms with Gasteiger partial charge < -0.3 is 11.1 Å². The standard InChI is InChI=1S/C5H8N6O2/c6-4-8-5(10-9-4)7-2-1-13-11-3(2)12/h2H,1H2,(H,11,12)(H4,6,7,8,9,10). The van der Waals surface area contributed by atoms with Crippen LogP contribution in [0.25, 0.3) is 0 Å². The lowest BCUT2D eigenvalue weighted by atomic mass is 10.3. The van der Waals surface area contributed by atoms with Crippen LogP contribution in [0.5, 0.6) is 0 Å². The molecule has 1 fully saturated rings. The quantitative estimate of drug-likeness (QED) is 0.432. The largest absolute Gasteiger partial charge is 0.368 e. The molecular formula is C5H8N6O2. The van der Waals surface area contributed by atoms with E-state index in [0.29, 0.717) is 0 Å². The van der Waals surface area contributed by atoms with E-state index in [1.54, 1.807) is 0 Å². The molecule has 8 heteroatoms. The Morgan fingerprint density at radius 2 is 2.54 bits per heavy atom. The van der Waals surface area contributed by atoms with Crippen LogP contribution in [-0.2, 0) is 9.63 Å². The van der Waals surface area contributed by atoms with Crippen molar-refractivity contribution < 1.29 is 9.63 Å². The van der Waals surface area contributed by atoms with E-state index in [-0.39, 0.29) is 24.4 Å². The summed E-state index contributed by atoms with van der Waals surface area (Å²) >= 11 is 0. The van der Waals surface area contributed by atoms with Crippen molar-refractivity contribution in [2.45, 2.75) is 6.04 Å². The number of amides is 1. The highest BCUT2D eigenvalue weighted by Crippen LogP contribution is 2.04. The number of carbonyl (C=O) groups excluding carboxylic acids is 1. The van der Waals surface area contributed by atoms with E-state index < -0.39 is 6.04 Å². The van der Waals surface area contributed by atoms with Gasteiger partial charge >= 0.3 is 0 Å². The van der Waals surface area contributed by atoms with E-state index in [2.05, 4.69) is 30.8 Å². The summed E-state index contributed by atoms with van der Waals surface area (Å²) in [6, 6.07) is -0.463. The average molecular weight is 184 g/mol. The van der Waals surface area contributed by atoms with Crippen molar-refractivity contribution in [2.24, 2.45) is 0 Å². The molecule has 0 saturated carbocycles. The molecule has 1 aliphatic rings. The summed E-state index contributed by atoms with van der Waals surface area (Å²) in [5.74, 6) is 0.230. The number of rotatable bonds is 2. The zero-order valence-electron chi connectivity index (χ0n) is 6.57. The molecule has 0 aromatic carbocycles. The Balaban J connectivity index is 2.01. The second-order valence-corrected chi connectivity index (χ2v) is 2.52. The molecule has 5 N–H and O–H groups in total. The Kier molecular flexibility index (Phi) is 1.74. The Bertz CT molecular complexity index is 323. The van der Waals surface area contributed by atoms with E-state index in [1.165, 1.54) is 0 Å². The SMILES string of the molecule is Nc1nc(NC2CONC2=O)n[nH]1. The van der Waals surface area contributed by atoms with Gasteiger partial charge in [0.2, 0.25) is 11.9 Å². The van der Waals surface area contributed by atoms with Crippen LogP contribution in [0.4, 0.5) is 11.9 Å². The van der Waals surface area contributed by atoms with Crippen molar-refractivity contribution in [3.63, 3.8) is 0 Å². The van der Waals surface area contributed by atoms with E-state index in [1.807, 2.05) is 0 Å². The zero-order valence-corrected chi connectivity index (χ0v) is 6.57. The fraction of sp³-hybridized carbons (Fsp3) is 0.400. The molecule has 70 valence electrons. The molecule has 2 heterocycles. The molecule has 8 nitrogen and oxygen atoms in total. The van der Waals surface area contributed by atoms with Gasteiger partial charge in [0, 0.05) is 0 Å². The summed E-state index contributed by atoms with van der Waals surface area (Å²) in [5.41, 5.74) is 7.48. The molecular weight excluding hydrogens is 176 g/mol. The van der Waals surface area contributed by atoms with Crippen LogP contribution < -0.4 is 16.5 Å². The summed E-state index contributed by atoms with van der Waals surface area (Å²) in [6.07, 6.45) is 0. The highest BCUT2D eigenvalue weighted by atomic mass is 16.7. The first-order chi connectivity index (χ1) is 6.25. The molecule has 0 spiro atoms. The molecule has 0 bridgehead atoms. The third kappa shape index (κ3) is 1.51. The minimum atomic E-state index is -0.463. The lowest BCUT2D eigenvalue weighted by Crippen LogP contribution is -2.31. The van der Waals surface area contributed by atoms with Crippen LogP contribution in [0.1, 0.15) is 0 Å². The van der Waals surface area contributed by atoms with Gasteiger partial charge in [-0.25, -0.2) is 10.6 Å². The van der Waals surface area contributed by atoms with Crippen molar-refractivity contribution in [1.29, 1.82) is 0 Å². The second kappa shape index (κ2) is 2.90. The Labute approximate surface area is 72.8 Å². The summed E-state index contributed by atoms with van der Waals surface area (Å²) in [5, 5.41) is 8.89. The third-order valence-corrected chi connectivity index (χ3v) is 1.55. The Hall–Kier alpha value is -1.83. The van der Waals surface area contributed by atoms with Gasteiger partial charge in [-0.05, 0) is 0 Å². The van der Waals surface area contributed by atoms with Crippen LogP contribution in [0.3, 0.4) is 0 Å². The maximum absolute atomic E-state index is 11.0. The minimum Gasteiger partial charge on any atom is -0.368 e. The molecule has 13 heavy (non-hydrogen) atoms. The number of nitrogen functional groups attached to an aromatic ring is 1. The number of anilines is 2. The molecule has 1 aromatic heterocycles. The first-order valence-corrected chi connectivity index (χ1v) is 3.62. The third-order valence-electron chi connectivity index (χ3n) is 1.55. The van der Waals surface area contributed by atoms with Crippen LogP contribution >= 0.6 is 0 Å². The molecule has 1 unspecified atom stereocenters. The van der Waals surface area contributed by atoms with Crippen LogP contribution in [0.15, 0.2) is 0 Å². The first kappa shape index (κ1) is 7.80. The molecule has 1 amide bonds. The van der Waals surface area contributed by atoms with Crippen LogP contribution in [0, 0.1) is 0 Å². The average Bonchev–Trinajstić information content (AvgIpc) is 2.64. The van der Waals surface area contributed by atoms with Crippen molar-refractivity contribution in [3.05, 3.63) is 0 Å². The van der Waals surface area contributed by atoms with Gasteiger partial charge in [0.05, 0.1) is 0 Å². The van der Waals surface area contributed by atoms with Crippen molar-refractivity contribution >= 4 is 17.8 Å². The summed E-state index contributed by atoms with van der Waals surface area (Å²) in [7, 11) is 0. The maximum Gasteiger partial charge on any atom is 0.268 e. The van der Waals surface area contributed by atoms with Gasteiger partial charge in [0.15, 0.2) is 0 Å². The van der Waals surface area contributed by atoms with Crippen molar-refractivity contribution in [1.82, 2.24) is 20.7 Å².